The van der Waals surface area contributed by atoms with Crippen molar-refractivity contribution in [2.45, 2.75) is 39.3 Å². The van der Waals surface area contributed by atoms with Crippen LogP contribution in [-0.2, 0) is 4.74 Å². The van der Waals surface area contributed by atoms with Crippen molar-refractivity contribution >= 4 is 17.6 Å². The molecule has 4 nitrogen and oxygen atoms in total. The highest BCUT2D eigenvalue weighted by Gasteiger charge is 2.39. The van der Waals surface area contributed by atoms with E-state index in [-0.39, 0.29) is 5.78 Å². The Morgan fingerprint density at radius 3 is 2.50 bits per heavy atom. The number of carbonyl (C=O) groups is 2. The highest BCUT2D eigenvalue weighted by molar-refractivity contribution is 6.16. The summed E-state index contributed by atoms with van der Waals surface area (Å²) in [6, 6.07) is 6.60. The average Bonchev–Trinajstić information content (AvgIpc) is 2.50. The number of fused-ring (bicyclic) bond motifs is 1. The Morgan fingerprint density at radius 2 is 1.89 bits per heavy atom. The van der Waals surface area contributed by atoms with E-state index in [1.807, 2.05) is 6.07 Å². The monoisotopic (exact) mass is 247 g/mol. The number of rotatable bonds is 0. The van der Waals surface area contributed by atoms with Crippen molar-refractivity contribution in [3.8, 4) is 0 Å². The van der Waals surface area contributed by atoms with Crippen molar-refractivity contribution < 1.29 is 14.3 Å². The zero-order chi connectivity index (χ0) is 13.5. The average molecular weight is 247 g/mol. The van der Waals surface area contributed by atoms with Crippen LogP contribution < -0.4 is 4.90 Å². The normalized spacial score (nSPS) is 18.8. The lowest BCUT2D eigenvalue weighted by atomic mass is 10.1. The van der Waals surface area contributed by atoms with Gasteiger partial charge in [-0.25, -0.2) is 4.79 Å². The van der Waals surface area contributed by atoms with Crippen LogP contribution in [-0.4, -0.2) is 23.5 Å². The zero-order valence-electron chi connectivity index (χ0n) is 11.1. The van der Waals surface area contributed by atoms with Gasteiger partial charge < -0.3 is 4.74 Å². The van der Waals surface area contributed by atoms with Crippen LogP contribution >= 0.6 is 0 Å². The number of para-hydroxylation sites is 1. The molecule has 0 saturated carbocycles. The van der Waals surface area contributed by atoms with Crippen LogP contribution in [0.15, 0.2) is 24.3 Å². The van der Waals surface area contributed by atoms with Crippen LogP contribution in [0.4, 0.5) is 10.5 Å². The smallest absolute Gasteiger partial charge is 0.415 e. The number of amides is 1. The lowest BCUT2D eigenvalue weighted by Gasteiger charge is -2.26. The van der Waals surface area contributed by atoms with E-state index in [1.54, 1.807) is 45.9 Å². The van der Waals surface area contributed by atoms with E-state index in [2.05, 4.69) is 0 Å². The van der Waals surface area contributed by atoms with Crippen LogP contribution in [0.25, 0.3) is 0 Å². The summed E-state index contributed by atoms with van der Waals surface area (Å²) in [5.74, 6) is -0.0449. The molecule has 1 heterocycles. The third kappa shape index (κ3) is 2.10. The maximum atomic E-state index is 12.1. The predicted molar refractivity (Wildman–Crippen MR) is 68.9 cm³/mol. The zero-order valence-corrected chi connectivity index (χ0v) is 11.1. The Morgan fingerprint density at radius 1 is 1.28 bits per heavy atom. The van der Waals surface area contributed by atoms with E-state index in [0.29, 0.717) is 11.3 Å². The van der Waals surface area contributed by atoms with Gasteiger partial charge in [-0.1, -0.05) is 12.1 Å². The molecule has 96 valence electrons. The van der Waals surface area contributed by atoms with Crippen molar-refractivity contribution in [3.63, 3.8) is 0 Å². The third-order valence-electron chi connectivity index (χ3n) is 2.79. The van der Waals surface area contributed by atoms with E-state index in [1.165, 1.54) is 4.90 Å². The highest BCUT2D eigenvalue weighted by atomic mass is 16.6. The molecule has 1 aromatic rings. The van der Waals surface area contributed by atoms with Crippen LogP contribution in [0.5, 0.6) is 0 Å². The molecular formula is C14H17NO3. The molecule has 4 heteroatoms. The first-order valence-electron chi connectivity index (χ1n) is 5.97. The van der Waals surface area contributed by atoms with Crippen LogP contribution in [0.3, 0.4) is 0 Å². The Bertz CT molecular complexity index is 502. The second-order valence-corrected chi connectivity index (χ2v) is 5.41. The Kier molecular flexibility index (Phi) is 2.89. The summed E-state index contributed by atoms with van der Waals surface area (Å²) in [4.78, 5) is 25.6. The molecule has 0 bridgehead atoms. The number of hydrogen-bond donors (Lipinski definition) is 0. The summed E-state index contributed by atoms with van der Waals surface area (Å²) < 4.78 is 5.33. The van der Waals surface area contributed by atoms with Gasteiger partial charge in [-0.3, -0.25) is 9.69 Å². The molecule has 0 N–H and O–H groups in total. The number of carbonyl (C=O) groups excluding carboxylic acids is 2. The van der Waals surface area contributed by atoms with E-state index >= 15 is 0 Å². The molecule has 0 radical (unpaired) electrons. The first kappa shape index (κ1) is 12.6. The minimum atomic E-state index is -0.572. The molecule has 0 saturated heterocycles. The first-order chi connectivity index (χ1) is 8.31. The van der Waals surface area contributed by atoms with Gasteiger partial charge in [0.25, 0.3) is 0 Å². The lowest BCUT2D eigenvalue weighted by Crippen LogP contribution is -2.41. The molecule has 1 unspecified atom stereocenters. The van der Waals surface area contributed by atoms with Gasteiger partial charge in [0, 0.05) is 5.56 Å². The van der Waals surface area contributed by atoms with Gasteiger partial charge in [-0.2, -0.15) is 0 Å². The summed E-state index contributed by atoms with van der Waals surface area (Å²) in [7, 11) is 0. The summed E-state index contributed by atoms with van der Waals surface area (Å²) in [5.41, 5.74) is 0.636. The van der Waals surface area contributed by atoms with E-state index in [0.717, 1.165) is 0 Å². The van der Waals surface area contributed by atoms with E-state index in [9.17, 15) is 9.59 Å². The van der Waals surface area contributed by atoms with E-state index < -0.39 is 17.7 Å². The van der Waals surface area contributed by atoms with Crippen molar-refractivity contribution in [2.24, 2.45) is 0 Å². The minimum Gasteiger partial charge on any atom is -0.443 e. The van der Waals surface area contributed by atoms with Gasteiger partial charge in [0.1, 0.15) is 11.6 Å². The van der Waals surface area contributed by atoms with Gasteiger partial charge >= 0.3 is 6.09 Å². The predicted octanol–water partition coefficient (Wildman–Crippen LogP) is 3.01. The van der Waals surface area contributed by atoms with Gasteiger partial charge in [0.05, 0.1) is 5.69 Å². The topological polar surface area (TPSA) is 46.6 Å². The maximum Gasteiger partial charge on any atom is 0.415 e. The van der Waals surface area contributed by atoms with E-state index in [4.69, 9.17) is 4.74 Å². The fourth-order valence-corrected chi connectivity index (χ4v) is 2.01. The SMILES string of the molecule is CC1C(=O)c2ccccc2N1C(=O)OC(C)(C)C. The van der Waals surface area contributed by atoms with Crippen molar-refractivity contribution in [3.05, 3.63) is 29.8 Å². The summed E-state index contributed by atoms with van der Waals surface area (Å²) in [6.45, 7) is 7.13. The molecule has 1 aliphatic rings. The summed E-state index contributed by atoms with van der Waals surface area (Å²) in [5, 5.41) is 0. The number of hydrogen-bond acceptors (Lipinski definition) is 3. The molecule has 0 spiro atoms. The number of Topliss-reactive ketones (excluding diaryl/α,β-unsaturated/α-hetero) is 1. The fraction of sp³-hybridized carbons (Fsp3) is 0.429. The molecule has 0 fully saturated rings. The molecule has 1 amide bonds. The Balaban J connectivity index is 2.35. The first-order valence-corrected chi connectivity index (χ1v) is 5.97. The van der Waals surface area contributed by atoms with Crippen molar-refractivity contribution in [2.75, 3.05) is 4.90 Å². The molecule has 2 rings (SSSR count). The molecule has 0 aliphatic carbocycles. The number of nitrogens with zero attached hydrogens (tertiary/aromatic N) is 1. The lowest BCUT2D eigenvalue weighted by molar-refractivity contribution is 0.0564. The van der Waals surface area contributed by atoms with Gasteiger partial charge in [-0.05, 0) is 39.8 Å². The molecular weight excluding hydrogens is 230 g/mol. The standard InChI is InChI=1S/C14H17NO3/c1-9-12(16)10-7-5-6-8-11(10)15(9)13(17)18-14(2,3)4/h5-9H,1-4H3. The second-order valence-electron chi connectivity index (χ2n) is 5.41. The molecule has 18 heavy (non-hydrogen) atoms. The number of anilines is 1. The number of benzene rings is 1. The Hall–Kier alpha value is -1.84. The van der Waals surface area contributed by atoms with Gasteiger partial charge in [0.15, 0.2) is 5.78 Å². The van der Waals surface area contributed by atoms with Crippen LogP contribution in [0.1, 0.15) is 38.1 Å². The molecule has 0 aromatic heterocycles. The van der Waals surface area contributed by atoms with Crippen LogP contribution in [0, 0.1) is 0 Å². The molecule has 1 aliphatic heterocycles. The molecule has 1 aromatic carbocycles. The maximum absolute atomic E-state index is 12.1. The summed E-state index contributed by atoms with van der Waals surface area (Å²) >= 11 is 0. The van der Waals surface area contributed by atoms with Crippen molar-refractivity contribution in [1.29, 1.82) is 0 Å². The Labute approximate surface area is 107 Å². The van der Waals surface area contributed by atoms with Gasteiger partial charge in [-0.15, -0.1) is 0 Å². The molecule has 1 atom stereocenters. The largest absolute Gasteiger partial charge is 0.443 e. The van der Waals surface area contributed by atoms with Gasteiger partial charge in [0.2, 0.25) is 0 Å². The quantitative estimate of drug-likeness (QED) is 0.708. The summed E-state index contributed by atoms with van der Waals surface area (Å²) in [6.07, 6.45) is -0.478. The second kappa shape index (κ2) is 4.12. The van der Waals surface area contributed by atoms with Crippen molar-refractivity contribution in [1.82, 2.24) is 0 Å². The fourth-order valence-electron chi connectivity index (χ4n) is 2.01. The van der Waals surface area contributed by atoms with Crippen LogP contribution in [0.2, 0.25) is 0 Å². The highest BCUT2D eigenvalue weighted by Crippen LogP contribution is 2.32. The number of ketones is 1. The minimum absolute atomic E-state index is 0.0449. The third-order valence-corrected chi connectivity index (χ3v) is 2.79. The number of ether oxygens (including phenoxy) is 1.